The molecular weight excluding hydrogens is 388 g/mol. The van der Waals surface area contributed by atoms with Crippen molar-refractivity contribution in [3.8, 4) is 0 Å². The van der Waals surface area contributed by atoms with Crippen molar-refractivity contribution >= 4 is 17.7 Å². The van der Waals surface area contributed by atoms with Crippen molar-refractivity contribution in [3.63, 3.8) is 0 Å². The molecule has 4 heterocycles. The summed E-state index contributed by atoms with van der Waals surface area (Å²) in [4.78, 5) is 22.0. The third-order valence-electron chi connectivity index (χ3n) is 5.68. The second-order valence-corrected chi connectivity index (χ2v) is 8.64. The monoisotopic (exact) mass is 416 g/mol. The zero-order valence-corrected chi connectivity index (χ0v) is 17.9. The minimum atomic E-state index is 0.0659. The number of carbonyl (C=O) groups is 1. The van der Waals surface area contributed by atoms with Crippen LogP contribution in [-0.4, -0.2) is 71.3 Å². The summed E-state index contributed by atoms with van der Waals surface area (Å²) < 4.78 is 11.0. The van der Waals surface area contributed by atoms with Gasteiger partial charge in [-0.2, -0.15) is 0 Å². The molecule has 8 heteroatoms. The average molecular weight is 417 g/mol. The van der Waals surface area contributed by atoms with E-state index in [2.05, 4.69) is 15.0 Å². The summed E-state index contributed by atoms with van der Waals surface area (Å²) in [6, 6.07) is 3.71. The molecule has 0 spiro atoms. The Bertz CT molecular complexity index is 823. The van der Waals surface area contributed by atoms with Crippen LogP contribution in [-0.2, 0) is 10.5 Å². The maximum absolute atomic E-state index is 13.2. The van der Waals surface area contributed by atoms with Gasteiger partial charge >= 0.3 is 0 Å². The van der Waals surface area contributed by atoms with Crippen LogP contribution in [0.4, 0.5) is 0 Å². The zero-order valence-electron chi connectivity index (χ0n) is 17.1. The Morgan fingerprint density at radius 3 is 2.79 bits per heavy atom. The highest BCUT2D eigenvalue weighted by Crippen LogP contribution is 2.28. The molecule has 0 aliphatic carbocycles. The van der Waals surface area contributed by atoms with Gasteiger partial charge in [0.2, 0.25) is 0 Å². The fourth-order valence-corrected chi connectivity index (χ4v) is 5.04. The number of carbonyl (C=O) groups excluding carboxylic acids is 1. The predicted molar refractivity (Wildman–Crippen MR) is 111 cm³/mol. The number of ether oxygens (including phenoxy) is 1. The number of aromatic nitrogens is 2. The highest BCUT2D eigenvalue weighted by Gasteiger charge is 2.27. The van der Waals surface area contributed by atoms with E-state index in [4.69, 9.17) is 9.26 Å². The van der Waals surface area contributed by atoms with E-state index >= 15 is 0 Å². The van der Waals surface area contributed by atoms with E-state index in [1.54, 1.807) is 18.0 Å². The molecule has 2 aromatic rings. The van der Waals surface area contributed by atoms with Crippen molar-refractivity contribution in [2.75, 3.05) is 39.3 Å². The van der Waals surface area contributed by atoms with Gasteiger partial charge in [-0.3, -0.25) is 9.69 Å². The molecule has 156 valence electrons. The van der Waals surface area contributed by atoms with Crippen molar-refractivity contribution in [2.45, 2.75) is 43.6 Å². The number of aryl methyl sites for hydroxylation is 2. The van der Waals surface area contributed by atoms with Crippen LogP contribution in [0.1, 0.15) is 40.2 Å². The van der Waals surface area contributed by atoms with E-state index < -0.39 is 0 Å². The molecule has 0 saturated carbocycles. The lowest BCUT2D eigenvalue weighted by atomic mass is 10.2. The minimum Gasteiger partial charge on any atom is -0.377 e. The van der Waals surface area contributed by atoms with Gasteiger partial charge < -0.3 is 14.2 Å². The molecule has 2 aromatic heterocycles. The molecule has 1 amide bonds. The maximum atomic E-state index is 13.2. The van der Waals surface area contributed by atoms with Gasteiger partial charge in [-0.1, -0.05) is 5.16 Å². The molecule has 7 nitrogen and oxygen atoms in total. The SMILES string of the molecule is Cc1noc(C)c1CSc1ncccc1C(=O)N1CCN(C[C@@H]2CCCO2)CC1. The summed E-state index contributed by atoms with van der Waals surface area (Å²) >= 11 is 1.56. The van der Waals surface area contributed by atoms with Crippen LogP contribution in [0.15, 0.2) is 27.9 Å². The lowest BCUT2D eigenvalue weighted by Crippen LogP contribution is -2.50. The minimum absolute atomic E-state index is 0.0659. The Labute approximate surface area is 175 Å². The highest BCUT2D eigenvalue weighted by molar-refractivity contribution is 7.98. The first kappa shape index (κ1) is 20.4. The van der Waals surface area contributed by atoms with Crippen LogP contribution in [0.3, 0.4) is 0 Å². The third kappa shape index (κ3) is 4.82. The summed E-state index contributed by atoms with van der Waals surface area (Å²) in [7, 11) is 0. The Hall–Kier alpha value is -1.90. The van der Waals surface area contributed by atoms with E-state index in [1.165, 1.54) is 6.42 Å². The van der Waals surface area contributed by atoms with Crippen molar-refractivity contribution in [1.29, 1.82) is 0 Å². The summed E-state index contributed by atoms with van der Waals surface area (Å²) in [5.41, 5.74) is 2.64. The number of nitrogens with zero attached hydrogens (tertiary/aromatic N) is 4. The molecule has 4 rings (SSSR count). The molecule has 0 radical (unpaired) electrons. The van der Waals surface area contributed by atoms with E-state index in [9.17, 15) is 4.79 Å². The lowest BCUT2D eigenvalue weighted by Gasteiger charge is -2.35. The smallest absolute Gasteiger partial charge is 0.256 e. The number of hydrogen-bond acceptors (Lipinski definition) is 7. The Balaban J connectivity index is 1.36. The van der Waals surface area contributed by atoms with Gasteiger partial charge in [-0.15, -0.1) is 11.8 Å². The van der Waals surface area contributed by atoms with Crippen LogP contribution in [0.2, 0.25) is 0 Å². The summed E-state index contributed by atoms with van der Waals surface area (Å²) in [6.45, 7) is 9.00. The van der Waals surface area contributed by atoms with Crippen LogP contribution in [0.25, 0.3) is 0 Å². The quantitative estimate of drug-likeness (QED) is 0.671. The molecule has 2 aliphatic rings. The number of piperazine rings is 1. The normalized spacial score (nSPS) is 20.3. The summed E-state index contributed by atoms with van der Waals surface area (Å²) in [5, 5.41) is 4.77. The summed E-state index contributed by atoms with van der Waals surface area (Å²) in [6.07, 6.45) is 4.42. The second kappa shape index (κ2) is 9.28. The molecular formula is C21H28N4O3S. The van der Waals surface area contributed by atoms with Gasteiger partial charge in [0.25, 0.3) is 5.91 Å². The Morgan fingerprint density at radius 1 is 1.28 bits per heavy atom. The third-order valence-corrected chi connectivity index (χ3v) is 6.71. The predicted octanol–water partition coefficient (Wildman–Crippen LogP) is 2.92. The van der Waals surface area contributed by atoms with Gasteiger partial charge in [0, 0.05) is 56.8 Å². The first-order valence-electron chi connectivity index (χ1n) is 10.2. The van der Waals surface area contributed by atoms with Gasteiger partial charge in [0.15, 0.2) is 0 Å². The highest BCUT2D eigenvalue weighted by atomic mass is 32.2. The van der Waals surface area contributed by atoms with Gasteiger partial charge in [0.05, 0.1) is 17.4 Å². The molecule has 1 atom stereocenters. The van der Waals surface area contributed by atoms with Crippen LogP contribution >= 0.6 is 11.8 Å². The van der Waals surface area contributed by atoms with Crippen molar-refractivity contribution in [2.24, 2.45) is 0 Å². The van der Waals surface area contributed by atoms with E-state index in [0.29, 0.717) is 17.4 Å². The molecule has 0 bridgehead atoms. The number of amides is 1. The number of thioether (sulfide) groups is 1. The molecule has 0 N–H and O–H groups in total. The first-order valence-corrected chi connectivity index (χ1v) is 11.2. The first-order chi connectivity index (χ1) is 14.1. The van der Waals surface area contributed by atoms with Crippen molar-refractivity contribution in [3.05, 3.63) is 40.9 Å². The largest absolute Gasteiger partial charge is 0.377 e. The molecule has 2 saturated heterocycles. The fourth-order valence-electron chi connectivity index (χ4n) is 3.90. The molecule has 2 fully saturated rings. The zero-order chi connectivity index (χ0) is 20.2. The Kier molecular flexibility index (Phi) is 6.52. The van der Waals surface area contributed by atoms with Gasteiger partial charge in [-0.05, 0) is 38.8 Å². The second-order valence-electron chi connectivity index (χ2n) is 7.68. The molecule has 0 aromatic carbocycles. The summed E-state index contributed by atoms with van der Waals surface area (Å²) in [5.74, 6) is 1.57. The topological polar surface area (TPSA) is 71.7 Å². The van der Waals surface area contributed by atoms with E-state index in [-0.39, 0.29) is 5.91 Å². The van der Waals surface area contributed by atoms with Crippen LogP contribution in [0.5, 0.6) is 0 Å². The number of pyridine rings is 1. The van der Waals surface area contributed by atoms with Crippen LogP contribution < -0.4 is 0 Å². The van der Waals surface area contributed by atoms with Gasteiger partial charge in [-0.25, -0.2) is 4.98 Å². The fraction of sp³-hybridized carbons (Fsp3) is 0.571. The standard InChI is InChI=1S/C21H28N4O3S/c1-15-19(16(2)28-23-15)14-29-20-18(6-3-7-22-20)21(26)25-10-8-24(9-11-25)13-17-5-4-12-27-17/h3,6-7,17H,4-5,8-14H2,1-2H3/t17-/m0/s1. The average Bonchev–Trinajstić information content (AvgIpc) is 3.36. The molecule has 0 unspecified atom stereocenters. The van der Waals surface area contributed by atoms with E-state index in [0.717, 1.165) is 67.8 Å². The molecule has 29 heavy (non-hydrogen) atoms. The number of rotatable bonds is 6. The Morgan fingerprint density at radius 2 is 2.10 bits per heavy atom. The maximum Gasteiger partial charge on any atom is 0.256 e. The van der Waals surface area contributed by atoms with Gasteiger partial charge in [0.1, 0.15) is 10.8 Å². The van der Waals surface area contributed by atoms with Crippen molar-refractivity contribution < 1.29 is 14.1 Å². The lowest BCUT2D eigenvalue weighted by molar-refractivity contribution is 0.0430. The van der Waals surface area contributed by atoms with E-state index in [1.807, 2.05) is 30.9 Å². The number of hydrogen-bond donors (Lipinski definition) is 0. The molecule has 2 aliphatic heterocycles. The van der Waals surface area contributed by atoms with Crippen LogP contribution in [0, 0.1) is 13.8 Å². The van der Waals surface area contributed by atoms with Crippen molar-refractivity contribution in [1.82, 2.24) is 19.9 Å².